The summed E-state index contributed by atoms with van der Waals surface area (Å²) < 4.78 is 51.8. The van der Waals surface area contributed by atoms with Gasteiger partial charge in [-0.05, 0) is 54.7 Å². The zero-order valence-electron chi connectivity index (χ0n) is 18.8. The van der Waals surface area contributed by atoms with Crippen molar-refractivity contribution in [1.29, 1.82) is 0 Å². The van der Waals surface area contributed by atoms with Gasteiger partial charge < -0.3 is 4.90 Å². The van der Waals surface area contributed by atoms with E-state index in [1.54, 1.807) is 4.90 Å². The zero-order valence-corrected chi connectivity index (χ0v) is 20.4. The molecule has 0 saturated carbocycles. The number of rotatable bonds is 7. The molecule has 0 radical (unpaired) electrons. The highest BCUT2D eigenvalue weighted by Gasteiger charge is 2.35. The largest absolute Gasteiger partial charge is 0.335 e. The fourth-order valence-corrected chi connectivity index (χ4v) is 7.71. The van der Waals surface area contributed by atoms with Crippen molar-refractivity contribution in [3.8, 4) is 0 Å². The van der Waals surface area contributed by atoms with Crippen molar-refractivity contribution < 1.29 is 21.6 Å². The topological polar surface area (TPSA) is 91.8 Å². The number of fused-ring (bicyclic) bond motifs is 1. The third-order valence-corrected chi connectivity index (χ3v) is 10.1. The molecule has 1 atom stereocenters. The molecular weight excluding hydrogens is 460 g/mol. The molecule has 33 heavy (non-hydrogen) atoms. The predicted octanol–water partition coefficient (Wildman–Crippen LogP) is 2.86. The second-order valence-corrected chi connectivity index (χ2v) is 13.0. The van der Waals surface area contributed by atoms with Crippen LogP contribution in [0.4, 0.5) is 0 Å². The van der Waals surface area contributed by atoms with E-state index in [-0.39, 0.29) is 28.4 Å². The molecule has 2 aromatic rings. The number of benzene rings is 2. The summed E-state index contributed by atoms with van der Waals surface area (Å²) in [6.07, 6.45) is 2.79. The van der Waals surface area contributed by atoms with Crippen LogP contribution in [-0.2, 0) is 32.8 Å². The van der Waals surface area contributed by atoms with E-state index in [9.17, 15) is 21.6 Å². The fraction of sp³-hybridized carbons (Fsp3) is 0.458. The van der Waals surface area contributed by atoms with Gasteiger partial charge in [0.1, 0.15) is 0 Å². The molecule has 2 aliphatic heterocycles. The average Bonchev–Trinajstić information content (AvgIpc) is 3.18. The molecule has 2 aliphatic rings. The van der Waals surface area contributed by atoms with Crippen LogP contribution in [0, 0.1) is 0 Å². The third-order valence-electron chi connectivity index (χ3n) is 6.50. The van der Waals surface area contributed by atoms with E-state index < -0.39 is 19.9 Å². The van der Waals surface area contributed by atoms with Crippen LogP contribution in [-0.4, -0.2) is 62.6 Å². The summed E-state index contributed by atoms with van der Waals surface area (Å²) >= 11 is 0. The highest BCUT2D eigenvalue weighted by atomic mass is 32.2. The van der Waals surface area contributed by atoms with Gasteiger partial charge in [-0.1, -0.05) is 37.6 Å². The van der Waals surface area contributed by atoms with Gasteiger partial charge in [0.15, 0.2) is 9.84 Å². The molecular formula is C24H30N2O5S2. The minimum atomic E-state index is -3.68. The van der Waals surface area contributed by atoms with Crippen molar-refractivity contribution in [2.45, 2.75) is 50.1 Å². The first-order chi connectivity index (χ1) is 15.7. The first-order valence-corrected chi connectivity index (χ1v) is 14.7. The number of nitrogens with zero attached hydrogens (tertiary/aromatic N) is 2. The Morgan fingerprint density at radius 3 is 2.42 bits per heavy atom. The molecule has 4 rings (SSSR count). The lowest BCUT2D eigenvalue weighted by molar-refractivity contribution is 0.0694. The minimum absolute atomic E-state index is 0.00858. The Morgan fingerprint density at radius 1 is 1.09 bits per heavy atom. The second kappa shape index (κ2) is 9.56. The maximum Gasteiger partial charge on any atom is 0.254 e. The van der Waals surface area contributed by atoms with E-state index in [4.69, 9.17) is 0 Å². The van der Waals surface area contributed by atoms with E-state index in [1.807, 2.05) is 31.2 Å². The minimum Gasteiger partial charge on any atom is -0.335 e. The Morgan fingerprint density at radius 2 is 1.79 bits per heavy atom. The number of sulfone groups is 1. The van der Waals surface area contributed by atoms with Crippen molar-refractivity contribution in [2.24, 2.45) is 0 Å². The van der Waals surface area contributed by atoms with E-state index in [0.29, 0.717) is 38.0 Å². The van der Waals surface area contributed by atoms with Crippen LogP contribution in [0.3, 0.4) is 0 Å². The van der Waals surface area contributed by atoms with Gasteiger partial charge in [-0.2, -0.15) is 4.31 Å². The number of amides is 1. The van der Waals surface area contributed by atoms with Gasteiger partial charge in [0.05, 0.1) is 16.4 Å². The number of carbonyl (C=O) groups excluding carboxylic acids is 1. The van der Waals surface area contributed by atoms with E-state index >= 15 is 0 Å². The summed E-state index contributed by atoms with van der Waals surface area (Å²) in [4.78, 5) is 15.0. The highest BCUT2D eigenvalue weighted by molar-refractivity contribution is 7.91. The zero-order chi connectivity index (χ0) is 23.6. The Hall–Kier alpha value is -2.23. The van der Waals surface area contributed by atoms with Gasteiger partial charge in [0.2, 0.25) is 10.0 Å². The lowest BCUT2D eigenvalue weighted by atomic mass is 10.0. The Kier molecular flexibility index (Phi) is 6.93. The molecule has 1 amide bonds. The van der Waals surface area contributed by atoms with Gasteiger partial charge in [0, 0.05) is 31.2 Å². The summed E-state index contributed by atoms with van der Waals surface area (Å²) in [6.45, 7) is 3.26. The summed E-state index contributed by atoms with van der Waals surface area (Å²) in [5.74, 6) is -0.156. The van der Waals surface area contributed by atoms with E-state index in [0.717, 1.165) is 18.4 Å². The number of hydrogen-bond donors (Lipinski definition) is 0. The van der Waals surface area contributed by atoms with Crippen LogP contribution in [0.5, 0.6) is 0 Å². The van der Waals surface area contributed by atoms with E-state index in [1.165, 1.54) is 34.1 Å². The molecule has 0 aromatic heterocycles. The number of sulfonamides is 1. The van der Waals surface area contributed by atoms with Crippen molar-refractivity contribution in [2.75, 3.05) is 24.6 Å². The third kappa shape index (κ3) is 5.15. The SMILES string of the molecule is CCCCN(C(=O)c1ccc(S(=O)(=O)N2CCc3ccccc3C2)cc1)[C@H]1CCS(=O)(=O)C1. The van der Waals surface area contributed by atoms with Crippen LogP contribution < -0.4 is 0 Å². The summed E-state index contributed by atoms with van der Waals surface area (Å²) in [7, 11) is -6.80. The monoisotopic (exact) mass is 490 g/mol. The molecule has 0 unspecified atom stereocenters. The summed E-state index contributed by atoms with van der Waals surface area (Å²) in [6, 6.07) is 13.6. The summed E-state index contributed by atoms with van der Waals surface area (Å²) in [5, 5.41) is 0. The number of unbranched alkanes of at least 4 members (excludes halogenated alkanes) is 1. The molecule has 1 fully saturated rings. The molecule has 9 heteroatoms. The van der Waals surface area contributed by atoms with Gasteiger partial charge in [-0.15, -0.1) is 0 Å². The van der Waals surface area contributed by atoms with Gasteiger partial charge in [0.25, 0.3) is 5.91 Å². The molecule has 1 saturated heterocycles. The number of hydrogen-bond acceptors (Lipinski definition) is 5. The molecule has 2 heterocycles. The molecule has 7 nitrogen and oxygen atoms in total. The number of carbonyl (C=O) groups is 1. The van der Waals surface area contributed by atoms with Crippen LogP contribution in [0.2, 0.25) is 0 Å². The molecule has 2 aromatic carbocycles. The summed E-state index contributed by atoms with van der Waals surface area (Å²) in [5.41, 5.74) is 2.56. The van der Waals surface area contributed by atoms with E-state index in [2.05, 4.69) is 0 Å². The first-order valence-electron chi connectivity index (χ1n) is 11.4. The second-order valence-electron chi connectivity index (χ2n) is 8.79. The fourth-order valence-electron chi connectivity index (χ4n) is 4.56. The van der Waals surface area contributed by atoms with Crippen molar-refractivity contribution in [3.63, 3.8) is 0 Å². The van der Waals surface area contributed by atoms with Crippen LogP contribution in [0.1, 0.15) is 47.7 Å². The Labute approximate surface area is 196 Å². The van der Waals surface area contributed by atoms with Gasteiger partial charge in [-0.25, -0.2) is 16.8 Å². The lowest BCUT2D eigenvalue weighted by Gasteiger charge is -2.29. The molecule has 0 spiro atoms. The predicted molar refractivity (Wildman–Crippen MR) is 127 cm³/mol. The average molecular weight is 491 g/mol. The molecule has 178 valence electrons. The van der Waals surface area contributed by atoms with Crippen LogP contribution >= 0.6 is 0 Å². The van der Waals surface area contributed by atoms with Gasteiger partial charge >= 0.3 is 0 Å². The maximum absolute atomic E-state index is 13.2. The molecule has 0 bridgehead atoms. The first kappa shape index (κ1) is 23.9. The standard InChI is InChI=1S/C24H30N2O5S2/c1-2-3-14-26(22-13-16-32(28,29)18-22)24(27)20-8-10-23(11-9-20)33(30,31)25-15-12-19-6-4-5-7-21(19)17-25/h4-11,22H,2-3,12-18H2,1H3/t22-/m0/s1. The normalized spacial score (nSPS) is 20.3. The molecule has 0 N–H and O–H groups in total. The van der Waals surface area contributed by atoms with Crippen molar-refractivity contribution >= 4 is 25.8 Å². The Bertz CT molecular complexity index is 1220. The van der Waals surface area contributed by atoms with Crippen molar-refractivity contribution in [3.05, 3.63) is 65.2 Å². The highest BCUT2D eigenvalue weighted by Crippen LogP contribution is 2.26. The smallest absolute Gasteiger partial charge is 0.254 e. The van der Waals surface area contributed by atoms with Crippen LogP contribution in [0.15, 0.2) is 53.4 Å². The lowest BCUT2D eigenvalue weighted by Crippen LogP contribution is -2.41. The molecule has 0 aliphatic carbocycles. The van der Waals surface area contributed by atoms with Gasteiger partial charge in [-0.3, -0.25) is 4.79 Å². The Balaban J connectivity index is 1.52. The quantitative estimate of drug-likeness (QED) is 0.595. The van der Waals surface area contributed by atoms with Crippen LogP contribution in [0.25, 0.3) is 0 Å². The maximum atomic E-state index is 13.2. The van der Waals surface area contributed by atoms with Crippen molar-refractivity contribution in [1.82, 2.24) is 9.21 Å².